The van der Waals surface area contributed by atoms with Crippen molar-refractivity contribution in [3.05, 3.63) is 114 Å². The number of benzene rings is 3. The first kappa shape index (κ1) is 40.5. The number of nitrogen functional groups attached to an aromatic ring is 1. The molecule has 0 radical (unpaired) electrons. The van der Waals surface area contributed by atoms with Gasteiger partial charge in [0, 0.05) is 40.2 Å². The molecule has 0 aliphatic carbocycles. The number of hydrogen-bond acceptors (Lipinski definition) is 12. The number of anilines is 2. The van der Waals surface area contributed by atoms with Crippen molar-refractivity contribution >= 4 is 45.0 Å². The summed E-state index contributed by atoms with van der Waals surface area (Å²) in [6, 6.07) is 19.8. The zero-order valence-corrected chi connectivity index (χ0v) is 31.7. The highest BCUT2D eigenvalue weighted by molar-refractivity contribution is 7.20. The number of nitrogens with one attached hydrogen (secondary N) is 2. The van der Waals surface area contributed by atoms with Gasteiger partial charge >= 0.3 is 6.18 Å². The van der Waals surface area contributed by atoms with Crippen LogP contribution < -0.4 is 16.4 Å². The highest BCUT2D eigenvalue weighted by Gasteiger charge is 2.44. The number of rotatable bonds is 15. The van der Waals surface area contributed by atoms with Gasteiger partial charge in [-0.3, -0.25) is 14.2 Å². The van der Waals surface area contributed by atoms with Crippen molar-refractivity contribution in [3.8, 4) is 21.6 Å². The number of carbonyl (C=O) groups excluding carboxylic acids is 2. The molecule has 7 N–H and O–H groups in total. The number of unbranched alkanes of at least 4 members (excludes halogenated alkanes) is 3. The van der Waals surface area contributed by atoms with E-state index in [1.165, 1.54) is 29.4 Å². The largest absolute Gasteiger partial charge is 0.416 e. The standard InChI is InChI=1S/C41H40F3N7O6S/c42-41(43,44)25-14-10-13-24(19-25)29-30(32(53)23-11-4-3-5-12-23)36(45)58-35(29)26-15-6-7-16-27(26)39(56)47-18-9-2-1-8-17-46-37-31-38(49-21-48-37)51(22-50-31)40-34(55)33(54)28(20-52)57-40/h3-7,10-16,19,21-22,28,33-34,40,52,54-55H,1-2,8-9,17-18,20,45H2,(H,47,56)(H,46,48,49)/t28-,33-,34-,40-/m1/s1. The number of aliphatic hydroxyl groups excluding tert-OH is 3. The van der Waals surface area contributed by atoms with Gasteiger partial charge in [-0.15, -0.1) is 11.3 Å². The minimum atomic E-state index is -4.62. The first-order valence-corrected chi connectivity index (χ1v) is 19.4. The molecule has 1 saturated heterocycles. The lowest BCUT2D eigenvalue weighted by Gasteiger charge is -2.16. The SMILES string of the molecule is Nc1sc(-c2ccccc2C(=O)NCCCCCCNc2ncnc3c2ncn3[C@@H]2O[C@H](CO)[C@@H](O)[C@H]2O)c(-c2cccc(C(F)(F)F)c2)c1C(=O)c1ccccc1. The topological polar surface area (TPSA) is 198 Å². The van der Waals surface area contributed by atoms with Gasteiger partial charge in [-0.1, -0.05) is 73.5 Å². The third-order valence-corrected chi connectivity index (χ3v) is 11.0. The van der Waals surface area contributed by atoms with E-state index in [4.69, 9.17) is 10.5 Å². The van der Waals surface area contributed by atoms with E-state index in [9.17, 15) is 38.1 Å². The van der Waals surface area contributed by atoms with Gasteiger partial charge in [-0.25, -0.2) is 15.0 Å². The molecule has 0 saturated carbocycles. The molecule has 13 nitrogen and oxygen atoms in total. The van der Waals surface area contributed by atoms with Crippen LogP contribution in [0.3, 0.4) is 0 Å². The van der Waals surface area contributed by atoms with Gasteiger partial charge in [0.25, 0.3) is 5.91 Å². The molecule has 4 atom stereocenters. The summed E-state index contributed by atoms with van der Waals surface area (Å²) in [5, 5.41) is 36.4. The minimum Gasteiger partial charge on any atom is -0.394 e. The molecule has 58 heavy (non-hydrogen) atoms. The van der Waals surface area contributed by atoms with Gasteiger partial charge < -0.3 is 36.4 Å². The highest BCUT2D eigenvalue weighted by atomic mass is 32.1. The fourth-order valence-corrected chi connectivity index (χ4v) is 8.11. The average molecular weight is 816 g/mol. The van der Waals surface area contributed by atoms with Crippen molar-refractivity contribution in [3.63, 3.8) is 0 Å². The maximum Gasteiger partial charge on any atom is 0.416 e. The van der Waals surface area contributed by atoms with Crippen molar-refractivity contribution in [2.75, 3.05) is 30.7 Å². The predicted molar refractivity (Wildman–Crippen MR) is 212 cm³/mol. The van der Waals surface area contributed by atoms with E-state index in [2.05, 4.69) is 25.6 Å². The van der Waals surface area contributed by atoms with Crippen LogP contribution in [0.1, 0.15) is 63.8 Å². The van der Waals surface area contributed by atoms with Crippen LogP contribution in [-0.2, 0) is 10.9 Å². The number of aromatic nitrogens is 4. The molecule has 1 aliphatic heterocycles. The van der Waals surface area contributed by atoms with Crippen molar-refractivity contribution in [1.29, 1.82) is 0 Å². The number of ether oxygens (including phenoxy) is 1. The minimum absolute atomic E-state index is 0.0743. The number of fused-ring (bicyclic) bond motifs is 1. The lowest BCUT2D eigenvalue weighted by atomic mass is 9.91. The number of hydrogen-bond donors (Lipinski definition) is 6. The molecule has 1 amide bonds. The van der Waals surface area contributed by atoms with Crippen molar-refractivity contribution in [2.24, 2.45) is 0 Å². The van der Waals surface area contributed by atoms with Crippen LogP contribution in [0.2, 0.25) is 0 Å². The number of carbonyl (C=O) groups is 2. The molecule has 1 aliphatic rings. The zero-order chi connectivity index (χ0) is 41.0. The Morgan fingerprint density at radius 1 is 0.897 bits per heavy atom. The number of halogens is 3. The van der Waals surface area contributed by atoms with Crippen LogP contribution >= 0.6 is 11.3 Å². The molecule has 0 bridgehead atoms. The maximum absolute atomic E-state index is 13.9. The molecule has 4 heterocycles. The monoisotopic (exact) mass is 815 g/mol. The summed E-state index contributed by atoms with van der Waals surface area (Å²) in [6.45, 7) is 0.487. The predicted octanol–water partition coefficient (Wildman–Crippen LogP) is 6.07. The molecule has 3 aromatic carbocycles. The van der Waals surface area contributed by atoms with Crippen LogP contribution in [-0.4, -0.2) is 84.5 Å². The number of aliphatic hydroxyl groups is 3. The van der Waals surface area contributed by atoms with Crippen LogP contribution in [0, 0.1) is 0 Å². The second-order valence-electron chi connectivity index (χ2n) is 13.7. The Morgan fingerprint density at radius 2 is 1.64 bits per heavy atom. The highest BCUT2D eigenvalue weighted by Crippen LogP contribution is 2.47. The van der Waals surface area contributed by atoms with Crippen molar-refractivity contribution in [2.45, 2.75) is 56.4 Å². The Bertz CT molecular complexity index is 2410. The first-order chi connectivity index (χ1) is 28.0. The third kappa shape index (κ3) is 8.30. The normalized spacial score (nSPS) is 18.1. The molecule has 17 heteroatoms. The van der Waals surface area contributed by atoms with E-state index in [1.807, 2.05) is 0 Å². The molecule has 7 rings (SSSR count). The van der Waals surface area contributed by atoms with Crippen LogP contribution in [0.25, 0.3) is 32.7 Å². The van der Waals surface area contributed by atoms with Crippen LogP contribution in [0.5, 0.6) is 0 Å². The lowest BCUT2D eigenvalue weighted by Crippen LogP contribution is -2.33. The number of amides is 1. The summed E-state index contributed by atoms with van der Waals surface area (Å²) in [4.78, 5) is 40.9. The van der Waals surface area contributed by atoms with Crippen molar-refractivity contribution < 1.29 is 42.8 Å². The van der Waals surface area contributed by atoms with Gasteiger partial charge in [0.15, 0.2) is 29.0 Å². The number of nitrogens with two attached hydrogens (primary N) is 1. The van der Waals surface area contributed by atoms with Crippen LogP contribution in [0.15, 0.2) is 91.5 Å². The number of imidazole rings is 1. The van der Waals surface area contributed by atoms with Gasteiger partial charge in [0.05, 0.1) is 29.1 Å². The summed E-state index contributed by atoms with van der Waals surface area (Å²) in [7, 11) is 0. The molecule has 0 unspecified atom stereocenters. The molecule has 3 aromatic heterocycles. The van der Waals surface area contributed by atoms with Crippen molar-refractivity contribution in [1.82, 2.24) is 24.8 Å². The lowest BCUT2D eigenvalue weighted by molar-refractivity contribution is -0.137. The summed E-state index contributed by atoms with van der Waals surface area (Å²) < 4.78 is 48.7. The first-order valence-electron chi connectivity index (χ1n) is 18.6. The fraction of sp³-hybridized carbons (Fsp3) is 0.293. The molecule has 0 spiro atoms. The summed E-state index contributed by atoms with van der Waals surface area (Å²) in [5.41, 5.74) is 7.95. The number of alkyl halides is 3. The van der Waals surface area contributed by atoms with Gasteiger partial charge in [0.2, 0.25) is 0 Å². The second-order valence-corrected chi connectivity index (χ2v) is 14.8. The van der Waals surface area contributed by atoms with E-state index in [1.54, 1.807) is 54.6 Å². The van der Waals surface area contributed by atoms with E-state index in [-0.39, 0.29) is 33.2 Å². The van der Waals surface area contributed by atoms with E-state index in [0.29, 0.717) is 52.5 Å². The quantitative estimate of drug-likeness (QED) is 0.0520. The maximum atomic E-state index is 13.9. The molecule has 1 fully saturated rings. The smallest absolute Gasteiger partial charge is 0.394 e. The summed E-state index contributed by atoms with van der Waals surface area (Å²) in [6.07, 6.45) is -3.20. The van der Waals surface area contributed by atoms with Crippen LogP contribution in [0.4, 0.5) is 24.0 Å². The Morgan fingerprint density at radius 3 is 2.38 bits per heavy atom. The van der Waals surface area contributed by atoms with E-state index >= 15 is 0 Å². The van der Waals surface area contributed by atoms with E-state index < -0.39 is 48.7 Å². The number of thiophene rings is 1. The Balaban J connectivity index is 0.988. The van der Waals surface area contributed by atoms with Gasteiger partial charge in [-0.05, 0) is 36.6 Å². The van der Waals surface area contributed by atoms with Gasteiger partial charge in [0.1, 0.15) is 24.6 Å². The third-order valence-electron chi connectivity index (χ3n) is 9.93. The Hall–Kier alpha value is -5.72. The fourth-order valence-electron chi connectivity index (χ4n) is 6.99. The second kappa shape index (κ2) is 17.4. The van der Waals surface area contributed by atoms with E-state index in [0.717, 1.165) is 42.7 Å². The average Bonchev–Trinajstić information content (AvgIpc) is 3.91. The summed E-state index contributed by atoms with van der Waals surface area (Å²) in [5.74, 6) is -0.332. The molecule has 6 aromatic rings. The molecular weight excluding hydrogens is 776 g/mol. The summed E-state index contributed by atoms with van der Waals surface area (Å²) >= 11 is 1.05. The zero-order valence-electron chi connectivity index (χ0n) is 30.9. The number of nitrogens with zero attached hydrogens (tertiary/aromatic N) is 4. The Kier molecular flexibility index (Phi) is 12.2. The number of ketones is 1. The Labute approximate surface area is 334 Å². The molecular formula is C41H40F3N7O6S. The molecule has 302 valence electrons. The van der Waals surface area contributed by atoms with Gasteiger partial charge in [-0.2, -0.15) is 13.2 Å².